The molecule has 0 unspecified atom stereocenters. The predicted octanol–water partition coefficient (Wildman–Crippen LogP) is -1.43. The van der Waals surface area contributed by atoms with E-state index in [4.69, 9.17) is 4.74 Å². The topological polar surface area (TPSA) is 99.6 Å². The van der Waals surface area contributed by atoms with E-state index in [9.17, 15) is 14.7 Å². The van der Waals surface area contributed by atoms with Gasteiger partial charge in [-0.05, 0) is 14.0 Å². The summed E-state index contributed by atoms with van der Waals surface area (Å²) in [5.74, 6) is 0.336. The molecule has 118 valence electrons. The van der Waals surface area contributed by atoms with Gasteiger partial charge in [-0.25, -0.2) is 4.79 Å². The van der Waals surface area contributed by atoms with Crippen molar-refractivity contribution in [2.24, 2.45) is 7.05 Å². The van der Waals surface area contributed by atoms with Gasteiger partial charge in [0, 0.05) is 25.7 Å². The van der Waals surface area contributed by atoms with Crippen LogP contribution in [0.15, 0.2) is 15.7 Å². The monoisotopic (exact) mass is 298 g/mol. The highest BCUT2D eigenvalue weighted by Gasteiger charge is 2.40. The molecule has 0 saturated carbocycles. The Kier molecular flexibility index (Phi) is 4.50. The molecule has 1 fully saturated rings. The first kappa shape index (κ1) is 15.7. The Bertz CT molecular complexity index is 580. The van der Waals surface area contributed by atoms with E-state index in [2.05, 4.69) is 15.2 Å². The second kappa shape index (κ2) is 6.00. The van der Waals surface area contributed by atoms with Crippen LogP contribution in [0.1, 0.15) is 6.92 Å². The van der Waals surface area contributed by atoms with Gasteiger partial charge in [0.1, 0.15) is 5.82 Å². The Morgan fingerprint density at radius 3 is 2.86 bits per heavy atom. The van der Waals surface area contributed by atoms with E-state index in [1.54, 1.807) is 0 Å². The van der Waals surface area contributed by atoms with Gasteiger partial charge in [0.15, 0.2) is 0 Å². The molecule has 1 aromatic heterocycles. The molecule has 8 heteroatoms. The van der Waals surface area contributed by atoms with Crippen molar-refractivity contribution in [2.75, 3.05) is 38.7 Å². The number of likely N-dealkylation sites (N-methyl/N-ethyl adjacent to an activating group) is 1. The van der Waals surface area contributed by atoms with Gasteiger partial charge in [0.05, 0.1) is 25.4 Å². The summed E-state index contributed by atoms with van der Waals surface area (Å²) in [4.78, 5) is 27.8. The lowest BCUT2D eigenvalue weighted by atomic mass is 9.96. The normalized spacial score (nSPS) is 26.8. The molecule has 8 nitrogen and oxygen atoms in total. The zero-order valence-corrected chi connectivity index (χ0v) is 12.5. The van der Waals surface area contributed by atoms with E-state index in [-0.39, 0.29) is 18.2 Å². The number of aromatic amines is 1. The number of nitrogens with zero attached hydrogens (tertiary/aromatic N) is 2. The van der Waals surface area contributed by atoms with Crippen molar-refractivity contribution in [1.82, 2.24) is 14.5 Å². The van der Waals surface area contributed by atoms with Crippen LogP contribution >= 0.6 is 0 Å². The SMILES string of the molecule is C[C@@H]1COC[C@@](CO)(CNc2cc(=O)n(C)c(=O)[nH]2)N1C. The average molecular weight is 298 g/mol. The number of hydrogen-bond donors (Lipinski definition) is 3. The molecule has 0 aromatic carbocycles. The summed E-state index contributed by atoms with van der Waals surface area (Å²) in [7, 11) is 3.34. The van der Waals surface area contributed by atoms with Crippen LogP contribution in [0, 0.1) is 0 Å². The summed E-state index contributed by atoms with van der Waals surface area (Å²) in [5, 5.41) is 12.8. The number of aliphatic hydroxyl groups excluding tert-OH is 1. The summed E-state index contributed by atoms with van der Waals surface area (Å²) < 4.78 is 6.53. The lowest BCUT2D eigenvalue weighted by molar-refractivity contribution is -0.101. The first-order chi connectivity index (χ1) is 9.89. The van der Waals surface area contributed by atoms with E-state index >= 15 is 0 Å². The van der Waals surface area contributed by atoms with E-state index in [1.165, 1.54) is 13.1 Å². The summed E-state index contributed by atoms with van der Waals surface area (Å²) in [5.41, 5.74) is -1.46. The Morgan fingerprint density at radius 1 is 1.52 bits per heavy atom. The van der Waals surface area contributed by atoms with Crippen LogP contribution in [0.25, 0.3) is 0 Å². The maximum Gasteiger partial charge on any atom is 0.329 e. The highest BCUT2D eigenvalue weighted by Crippen LogP contribution is 2.22. The molecule has 0 aliphatic carbocycles. The smallest absolute Gasteiger partial charge is 0.329 e. The largest absolute Gasteiger partial charge is 0.394 e. The summed E-state index contributed by atoms with van der Waals surface area (Å²) in [6.45, 7) is 3.28. The molecule has 0 amide bonds. The van der Waals surface area contributed by atoms with Crippen LogP contribution in [0.3, 0.4) is 0 Å². The van der Waals surface area contributed by atoms with Gasteiger partial charge in [-0.15, -0.1) is 0 Å². The van der Waals surface area contributed by atoms with Gasteiger partial charge < -0.3 is 15.2 Å². The Morgan fingerprint density at radius 2 is 2.24 bits per heavy atom. The van der Waals surface area contributed by atoms with Crippen LogP contribution in [-0.2, 0) is 11.8 Å². The number of H-pyrrole nitrogens is 1. The summed E-state index contributed by atoms with van der Waals surface area (Å²) >= 11 is 0. The second-order valence-corrected chi connectivity index (χ2v) is 5.60. The minimum atomic E-state index is -0.588. The zero-order valence-electron chi connectivity index (χ0n) is 12.5. The fourth-order valence-corrected chi connectivity index (χ4v) is 2.40. The van der Waals surface area contributed by atoms with Gasteiger partial charge in [0.25, 0.3) is 5.56 Å². The van der Waals surface area contributed by atoms with Gasteiger partial charge in [-0.1, -0.05) is 0 Å². The van der Waals surface area contributed by atoms with Crippen molar-refractivity contribution >= 4 is 5.82 Å². The van der Waals surface area contributed by atoms with Crippen LogP contribution in [0.5, 0.6) is 0 Å². The molecular weight excluding hydrogens is 276 g/mol. The van der Waals surface area contributed by atoms with Gasteiger partial charge in [-0.2, -0.15) is 0 Å². The number of hydrogen-bond acceptors (Lipinski definition) is 6. The molecule has 0 radical (unpaired) electrons. The average Bonchev–Trinajstić information content (AvgIpc) is 2.46. The van der Waals surface area contributed by atoms with E-state index in [0.717, 1.165) is 4.57 Å². The lowest BCUT2D eigenvalue weighted by Gasteiger charge is -2.47. The number of rotatable bonds is 4. The number of ether oxygens (including phenoxy) is 1. The Labute approximate surface area is 122 Å². The van der Waals surface area contributed by atoms with Gasteiger partial charge in [0.2, 0.25) is 0 Å². The minimum Gasteiger partial charge on any atom is -0.394 e. The van der Waals surface area contributed by atoms with Crippen molar-refractivity contribution in [3.05, 3.63) is 26.9 Å². The van der Waals surface area contributed by atoms with Crippen LogP contribution in [-0.4, -0.2) is 64.6 Å². The highest BCUT2D eigenvalue weighted by molar-refractivity contribution is 5.33. The zero-order chi connectivity index (χ0) is 15.6. The molecule has 0 spiro atoms. The fourth-order valence-electron chi connectivity index (χ4n) is 2.40. The molecule has 1 aliphatic heterocycles. The molecule has 2 rings (SSSR count). The van der Waals surface area contributed by atoms with E-state index in [1.807, 2.05) is 14.0 Å². The van der Waals surface area contributed by atoms with Crippen LogP contribution in [0.2, 0.25) is 0 Å². The highest BCUT2D eigenvalue weighted by atomic mass is 16.5. The number of aromatic nitrogens is 2. The van der Waals surface area contributed by atoms with Crippen LogP contribution in [0.4, 0.5) is 5.82 Å². The van der Waals surface area contributed by atoms with Gasteiger partial charge in [-0.3, -0.25) is 19.2 Å². The standard InChI is InChI=1S/C13H22N4O4/c1-9-5-21-8-13(7-18,17(9)3)6-14-10-4-11(19)16(2)12(20)15-10/h4,9,14,18H,5-8H2,1-3H3,(H,15,20)/t9-,13+/m1/s1. The minimum absolute atomic E-state index is 0.0874. The number of morpholine rings is 1. The molecule has 1 aliphatic rings. The first-order valence-corrected chi connectivity index (χ1v) is 6.85. The van der Waals surface area contributed by atoms with Crippen molar-refractivity contribution in [1.29, 1.82) is 0 Å². The molecule has 21 heavy (non-hydrogen) atoms. The van der Waals surface area contributed by atoms with Crippen molar-refractivity contribution in [3.8, 4) is 0 Å². The molecule has 1 saturated heterocycles. The number of aliphatic hydroxyl groups is 1. The van der Waals surface area contributed by atoms with E-state index in [0.29, 0.717) is 25.6 Å². The molecule has 2 heterocycles. The molecule has 2 atom stereocenters. The lowest BCUT2D eigenvalue weighted by Crippen LogP contribution is -2.64. The molecule has 3 N–H and O–H groups in total. The molecule has 0 bridgehead atoms. The van der Waals surface area contributed by atoms with Crippen molar-refractivity contribution in [2.45, 2.75) is 18.5 Å². The number of nitrogens with one attached hydrogen (secondary N) is 2. The molecular formula is C13H22N4O4. The predicted molar refractivity (Wildman–Crippen MR) is 78.7 cm³/mol. The third-order valence-electron chi connectivity index (χ3n) is 4.19. The first-order valence-electron chi connectivity index (χ1n) is 6.85. The summed E-state index contributed by atoms with van der Waals surface area (Å²) in [6.07, 6.45) is 0. The second-order valence-electron chi connectivity index (χ2n) is 5.60. The molecule has 1 aromatic rings. The van der Waals surface area contributed by atoms with Gasteiger partial charge >= 0.3 is 5.69 Å². The van der Waals surface area contributed by atoms with Crippen molar-refractivity contribution in [3.63, 3.8) is 0 Å². The maximum atomic E-state index is 11.6. The third-order valence-corrected chi connectivity index (χ3v) is 4.19. The van der Waals surface area contributed by atoms with Crippen LogP contribution < -0.4 is 16.6 Å². The Hall–Kier alpha value is -1.64. The quantitative estimate of drug-likeness (QED) is 0.630. The third kappa shape index (κ3) is 3.02. The summed E-state index contributed by atoms with van der Waals surface area (Å²) in [6, 6.07) is 1.50. The maximum absolute atomic E-state index is 11.6. The Balaban J connectivity index is 2.17. The van der Waals surface area contributed by atoms with Crippen molar-refractivity contribution < 1.29 is 9.84 Å². The fraction of sp³-hybridized carbons (Fsp3) is 0.692. The number of anilines is 1. The van der Waals surface area contributed by atoms with E-state index < -0.39 is 11.2 Å².